The minimum atomic E-state index is -0.627. The molecule has 2 unspecified atom stereocenters. The van der Waals surface area contributed by atoms with Gasteiger partial charge in [0.25, 0.3) is 0 Å². The zero-order valence-electron chi connectivity index (χ0n) is 8.98. The molecule has 2 atom stereocenters. The van der Waals surface area contributed by atoms with Crippen LogP contribution in [0.1, 0.15) is 6.92 Å². The molecule has 0 nitrogen and oxygen atoms in total. The summed E-state index contributed by atoms with van der Waals surface area (Å²) in [4.78, 5) is 4.56. The van der Waals surface area contributed by atoms with Crippen molar-refractivity contribution in [2.75, 3.05) is 9.86 Å². The minimum absolute atomic E-state index is 0.290. The molecule has 8 heteroatoms. The molecule has 5 radical (unpaired) electrons. The Balaban J connectivity index is 0. The number of alkyl halides is 4. The van der Waals surface area contributed by atoms with Gasteiger partial charge >= 0.3 is 140 Å². The van der Waals surface area contributed by atoms with Gasteiger partial charge in [-0.3, -0.25) is 0 Å². The Bertz CT molecular complexity index is 108. The average Bonchev–Trinajstić information content (AvgIpc) is 2.03. The van der Waals surface area contributed by atoms with Gasteiger partial charge in [0.15, 0.2) is 0 Å². The molecule has 0 bridgehead atoms. The van der Waals surface area contributed by atoms with Gasteiger partial charge in [-0.05, 0) is 0 Å². The van der Waals surface area contributed by atoms with Gasteiger partial charge in [-0.25, -0.2) is 0 Å². The monoisotopic (exact) mass is 638 g/mol. The molecule has 0 saturated carbocycles. The predicted octanol–water partition coefficient (Wildman–Crippen LogP) is -0.598. The standard InChI is InChI=1S/2C3H7B2I2/c1-7(2)5-3(4)6;1-3(5-6)7-4-2/h2*3H,1-2H3/q;-1. The fraction of sp³-hybridized carbons (Fsp3) is 1.00. The summed E-state index contributed by atoms with van der Waals surface area (Å²) >= 11 is 4.29. The molecule has 0 rings (SSSR count). The van der Waals surface area contributed by atoms with E-state index in [4.69, 9.17) is 7.85 Å². The van der Waals surface area contributed by atoms with Gasteiger partial charge in [0.05, 0.1) is 0 Å². The molecule has 0 spiro atoms. The molecular weight excluding hydrogens is 623 g/mol. The molecule has 0 aromatic rings. The summed E-state index contributed by atoms with van der Waals surface area (Å²) in [7, 11) is 5.46. The summed E-state index contributed by atoms with van der Waals surface area (Å²) in [5, 5.41) is 6.80. The van der Waals surface area contributed by atoms with Crippen molar-refractivity contribution in [3.8, 4) is 0 Å². The van der Waals surface area contributed by atoms with Gasteiger partial charge in [0.2, 0.25) is 0 Å². The van der Waals surface area contributed by atoms with Gasteiger partial charge in [-0.2, -0.15) is 0 Å². The summed E-state index contributed by atoms with van der Waals surface area (Å²) in [6.07, 6.45) is 0. The first-order valence-electron chi connectivity index (χ1n) is 4.00. The Kier molecular flexibility index (Phi) is 19.9. The Hall–Kier alpha value is 3.18. The van der Waals surface area contributed by atoms with Crippen LogP contribution >= 0.6 is 64.6 Å². The molecule has 0 fully saturated rings. The van der Waals surface area contributed by atoms with E-state index >= 15 is 0 Å². The van der Waals surface area contributed by atoms with Crippen molar-refractivity contribution < 1.29 is 21.0 Å². The van der Waals surface area contributed by atoms with Crippen molar-refractivity contribution in [3.05, 3.63) is 0 Å². The van der Waals surface area contributed by atoms with Gasteiger partial charge in [0, 0.05) is 0 Å². The van der Waals surface area contributed by atoms with E-state index in [0.29, 0.717) is 21.0 Å². The zero-order valence-corrected chi connectivity index (χ0v) is 17.6. The molecule has 0 saturated heterocycles. The number of hydrogen-bond donors (Lipinski definition) is 0. The third-order valence-electron chi connectivity index (χ3n) is 0.871. The first-order chi connectivity index (χ1) is 6.43. The van der Waals surface area contributed by atoms with Crippen LogP contribution in [0.25, 0.3) is 0 Å². The van der Waals surface area contributed by atoms with Crippen LogP contribution < -0.4 is 21.0 Å². The molecule has 0 N–H and O–H groups in total. The van der Waals surface area contributed by atoms with E-state index in [1.165, 1.54) is 0 Å². The molecule has 0 aliphatic carbocycles. The molecule has 0 aromatic carbocycles. The van der Waals surface area contributed by atoms with Crippen LogP contribution in [0.2, 0.25) is 6.82 Å². The predicted molar refractivity (Wildman–Crippen MR) is 96.0 cm³/mol. The Morgan fingerprint density at radius 1 is 1.43 bits per heavy atom. The molecule has 0 aliphatic heterocycles. The van der Waals surface area contributed by atoms with Crippen LogP contribution in [-0.2, 0) is 0 Å². The molecule has 14 heavy (non-hydrogen) atoms. The van der Waals surface area contributed by atoms with E-state index in [0.717, 1.165) is 3.82 Å². The van der Waals surface area contributed by atoms with E-state index < -0.39 is 19.6 Å². The van der Waals surface area contributed by atoms with Gasteiger partial charge in [-0.1, -0.05) is 0 Å². The van der Waals surface area contributed by atoms with Gasteiger partial charge in [-0.15, -0.1) is 0 Å². The normalized spacial score (nSPS) is 14.6. The van der Waals surface area contributed by atoms with Crippen LogP contribution in [0.4, 0.5) is 0 Å². The third kappa shape index (κ3) is 20.6. The topological polar surface area (TPSA) is 0 Å². The molecule has 0 amide bonds. The quantitative estimate of drug-likeness (QED) is 0.215. The third-order valence-corrected chi connectivity index (χ3v) is 9.49. The van der Waals surface area contributed by atoms with E-state index in [2.05, 4.69) is 84.0 Å². The van der Waals surface area contributed by atoms with Crippen molar-refractivity contribution in [2.24, 2.45) is 0 Å². The summed E-state index contributed by atoms with van der Waals surface area (Å²) in [6.45, 7) is 4.41. The fourth-order valence-corrected chi connectivity index (χ4v) is 7.83. The fourth-order valence-electron chi connectivity index (χ4n) is 0.467. The Morgan fingerprint density at radius 2 is 1.93 bits per heavy atom. The maximum atomic E-state index is 5.46. The van der Waals surface area contributed by atoms with Crippen LogP contribution in [0, 0.1) is 0 Å². The summed E-state index contributed by atoms with van der Waals surface area (Å²) in [5.41, 5.74) is 0. The molecule has 0 aliphatic rings. The van der Waals surface area contributed by atoms with Crippen LogP contribution in [0.3, 0.4) is 0 Å². The van der Waals surface area contributed by atoms with Crippen molar-refractivity contribution >= 4 is 87.8 Å². The molecule has 0 heterocycles. The zero-order chi connectivity index (χ0) is 11.6. The van der Waals surface area contributed by atoms with E-state index in [9.17, 15) is 0 Å². The van der Waals surface area contributed by atoms with Crippen molar-refractivity contribution in [3.63, 3.8) is 0 Å². The van der Waals surface area contributed by atoms with Crippen molar-refractivity contribution in [1.29, 1.82) is 0 Å². The first-order valence-corrected chi connectivity index (χ1v) is 14.5. The van der Waals surface area contributed by atoms with E-state index in [-0.39, 0.29) is 3.72 Å². The molecular formula is C6H14B4I4-. The van der Waals surface area contributed by atoms with Gasteiger partial charge < -0.3 is 0 Å². The number of halogens is 4. The van der Waals surface area contributed by atoms with Crippen LogP contribution in [-0.4, -0.2) is 40.7 Å². The average molecular weight is 637 g/mol. The van der Waals surface area contributed by atoms with Crippen LogP contribution in [0.15, 0.2) is 0 Å². The van der Waals surface area contributed by atoms with Crippen LogP contribution in [0.5, 0.6) is 0 Å². The van der Waals surface area contributed by atoms with Crippen molar-refractivity contribution in [1.82, 2.24) is 0 Å². The number of hydrogen-bond acceptors (Lipinski definition) is 0. The van der Waals surface area contributed by atoms with Gasteiger partial charge in [0.1, 0.15) is 0 Å². The van der Waals surface area contributed by atoms with Crippen molar-refractivity contribution in [2.45, 2.75) is 21.3 Å². The Labute approximate surface area is 137 Å². The summed E-state index contributed by atoms with van der Waals surface area (Å²) in [5.74, 6) is 0. The summed E-state index contributed by atoms with van der Waals surface area (Å²) < 4.78 is 1.15. The molecule has 0 aromatic heterocycles. The number of rotatable bonds is 5. The second kappa shape index (κ2) is 14.2. The molecule has 79 valence electrons. The second-order valence-corrected chi connectivity index (χ2v) is 14.0. The first kappa shape index (κ1) is 19.5. The SMILES string of the molecule is C[B][I-]C(C)[B]I.[B]C(I)[B]I(C)C. The second-order valence-electron chi connectivity index (χ2n) is 2.53. The van der Waals surface area contributed by atoms with E-state index in [1.54, 1.807) is 0 Å². The van der Waals surface area contributed by atoms with E-state index in [1.807, 2.05) is 0 Å². The Morgan fingerprint density at radius 3 is 2.00 bits per heavy atom. The summed E-state index contributed by atoms with van der Waals surface area (Å²) in [6, 6.07) is 0. The maximum absolute atomic E-state index is 5.46.